The Balaban J connectivity index is 1.88. The topological polar surface area (TPSA) is 82.0 Å². The van der Waals surface area contributed by atoms with Gasteiger partial charge in [-0.2, -0.15) is 5.26 Å². The van der Waals surface area contributed by atoms with Gasteiger partial charge in [0.25, 0.3) is 0 Å². The highest BCUT2D eigenvalue weighted by atomic mass is 35.5. The number of nitrogens with zero attached hydrogens (tertiary/aromatic N) is 1. The number of anilines is 1. The van der Waals surface area contributed by atoms with Crippen LogP contribution in [0.3, 0.4) is 0 Å². The van der Waals surface area contributed by atoms with Gasteiger partial charge in [0.05, 0.1) is 28.3 Å². The summed E-state index contributed by atoms with van der Waals surface area (Å²) in [5, 5.41) is 17.3. The third-order valence-corrected chi connectivity index (χ3v) is 6.79. The highest BCUT2D eigenvalue weighted by molar-refractivity contribution is 8.03. The molecule has 0 aliphatic carbocycles. The van der Waals surface area contributed by atoms with Crippen molar-refractivity contribution in [2.45, 2.75) is 40.5 Å². The largest absolute Gasteiger partial charge is 0.353 e. The van der Waals surface area contributed by atoms with Gasteiger partial charge in [0.2, 0.25) is 5.91 Å². The first-order valence-electron chi connectivity index (χ1n) is 10.5. The number of Topliss-reactive ketones (excluding diaryl/α,β-unsaturated/α-hetero) is 1. The van der Waals surface area contributed by atoms with Crippen molar-refractivity contribution < 1.29 is 9.59 Å². The predicted molar refractivity (Wildman–Crippen MR) is 135 cm³/mol. The van der Waals surface area contributed by atoms with Crippen LogP contribution in [0.25, 0.3) is 0 Å². The van der Waals surface area contributed by atoms with Gasteiger partial charge in [-0.15, -0.1) is 0 Å². The van der Waals surface area contributed by atoms with E-state index in [1.807, 2.05) is 52.0 Å². The summed E-state index contributed by atoms with van der Waals surface area (Å²) in [6.45, 7) is 9.27. The van der Waals surface area contributed by atoms with Gasteiger partial charge >= 0.3 is 0 Å². The maximum Gasteiger partial charge on any atom is 0.234 e. The lowest BCUT2D eigenvalue weighted by molar-refractivity contribution is -0.114. The lowest BCUT2D eigenvalue weighted by Crippen LogP contribution is -2.27. The van der Waals surface area contributed by atoms with Crippen LogP contribution in [0.1, 0.15) is 42.0 Å². The van der Waals surface area contributed by atoms with Gasteiger partial charge in [0, 0.05) is 22.0 Å². The van der Waals surface area contributed by atoms with E-state index in [4.69, 9.17) is 11.6 Å². The number of dihydropyridines is 1. The summed E-state index contributed by atoms with van der Waals surface area (Å²) in [4.78, 5) is 25.2. The van der Waals surface area contributed by atoms with Crippen LogP contribution in [-0.4, -0.2) is 17.4 Å². The number of carbonyl (C=O) groups excluding carboxylic acids is 2. The zero-order chi connectivity index (χ0) is 24.3. The third-order valence-electron chi connectivity index (χ3n) is 5.52. The average Bonchev–Trinajstić information content (AvgIpc) is 2.74. The fourth-order valence-corrected chi connectivity index (χ4v) is 5.19. The first-order valence-corrected chi connectivity index (χ1v) is 11.9. The molecule has 2 N–H and O–H groups in total. The van der Waals surface area contributed by atoms with Crippen molar-refractivity contribution in [2.75, 3.05) is 11.1 Å². The molecule has 3 rings (SSSR count). The number of halogens is 1. The number of hydrogen-bond acceptors (Lipinski definition) is 5. The number of hydrogen-bond donors (Lipinski definition) is 2. The van der Waals surface area contributed by atoms with E-state index in [1.165, 1.54) is 18.7 Å². The molecule has 0 spiro atoms. The summed E-state index contributed by atoms with van der Waals surface area (Å²) < 4.78 is 0. The van der Waals surface area contributed by atoms with Crippen molar-refractivity contribution >= 4 is 40.7 Å². The van der Waals surface area contributed by atoms with Crippen molar-refractivity contribution in [3.8, 4) is 6.07 Å². The lowest BCUT2D eigenvalue weighted by atomic mass is 9.81. The summed E-state index contributed by atoms with van der Waals surface area (Å²) in [6.07, 6.45) is 0. The molecular weight excluding hydrogens is 454 g/mol. The van der Waals surface area contributed by atoms with E-state index in [-0.39, 0.29) is 17.4 Å². The van der Waals surface area contributed by atoms with Gasteiger partial charge in [-0.3, -0.25) is 9.59 Å². The van der Waals surface area contributed by atoms with E-state index in [0.717, 1.165) is 27.9 Å². The van der Waals surface area contributed by atoms with Crippen LogP contribution in [0, 0.1) is 32.1 Å². The Kier molecular flexibility index (Phi) is 7.68. The first-order chi connectivity index (χ1) is 15.6. The molecule has 2 aromatic rings. The van der Waals surface area contributed by atoms with Gasteiger partial charge in [-0.1, -0.05) is 53.2 Å². The fourth-order valence-electron chi connectivity index (χ4n) is 4.17. The molecule has 0 saturated carbocycles. The number of ketones is 1. The Morgan fingerprint density at radius 2 is 1.73 bits per heavy atom. The second-order valence-electron chi connectivity index (χ2n) is 8.17. The van der Waals surface area contributed by atoms with Crippen molar-refractivity contribution in [1.29, 1.82) is 5.26 Å². The molecular formula is C26H26ClN3O2S. The quantitative estimate of drug-likeness (QED) is 0.537. The SMILES string of the molecule is CC(=O)C1=C(C)NC(SCC(=O)Nc2c(C)cc(C)cc2C)=C(C#N)[C@@H]1c1ccc(Cl)cc1. The molecule has 0 saturated heterocycles. The smallest absolute Gasteiger partial charge is 0.234 e. The Morgan fingerprint density at radius 3 is 2.27 bits per heavy atom. The van der Waals surface area contributed by atoms with Gasteiger partial charge in [0.15, 0.2) is 5.78 Å². The Hall–Kier alpha value is -3.01. The van der Waals surface area contributed by atoms with Gasteiger partial charge < -0.3 is 10.6 Å². The molecule has 2 aromatic carbocycles. The minimum absolute atomic E-state index is 0.111. The fraction of sp³-hybridized carbons (Fsp3) is 0.269. The number of carbonyl (C=O) groups is 2. The highest BCUT2D eigenvalue weighted by Gasteiger charge is 2.33. The minimum atomic E-state index is -0.516. The molecule has 1 aliphatic rings. The second kappa shape index (κ2) is 10.3. The summed E-state index contributed by atoms with van der Waals surface area (Å²) in [6, 6.07) is 13.5. The van der Waals surface area contributed by atoms with E-state index in [9.17, 15) is 14.9 Å². The Bertz CT molecular complexity index is 1200. The van der Waals surface area contributed by atoms with Crippen LogP contribution >= 0.6 is 23.4 Å². The highest BCUT2D eigenvalue weighted by Crippen LogP contribution is 2.41. The van der Waals surface area contributed by atoms with Crippen LogP contribution in [0.4, 0.5) is 5.69 Å². The standard InChI is InChI=1S/C26H26ClN3O2S/c1-14-10-15(2)25(16(3)11-14)30-22(32)13-33-26-21(12-28)24(19-6-8-20(27)9-7-19)23(18(5)31)17(4)29-26/h6-11,24,29H,13H2,1-5H3,(H,30,32)/t24-/m0/s1. The molecule has 1 aliphatic heterocycles. The number of thioether (sulfide) groups is 1. The van der Waals surface area contributed by atoms with Crippen LogP contribution in [0.2, 0.25) is 5.02 Å². The molecule has 0 aromatic heterocycles. The summed E-state index contributed by atoms with van der Waals surface area (Å²) in [5.74, 6) is -0.669. The molecule has 0 unspecified atom stereocenters. The molecule has 1 amide bonds. The van der Waals surface area contributed by atoms with Crippen LogP contribution in [-0.2, 0) is 9.59 Å². The third kappa shape index (κ3) is 5.50. The predicted octanol–water partition coefficient (Wildman–Crippen LogP) is 5.92. The van der Waals surface area contributed by atoms with Gasteiger partial charge in [-0.05, 0) is 63.4 Å². The number of amides is 1. The summed E-state index contributed by atoms with van der Waals surface area (Å²) >= 11 is 7.30. The van der Waals surface area contributed by atoms with Crippen molar-refractivity contribution in [3.05, 3.63) is 85.5 Å². The van der Waals surface area contributed by atoms with E-state index >= 15 is 0 Å². The Labute approximate surface area is 203 Å². The molecule has 7 heteroatoms. The minimum Gasteiger partial charge on any atom is -0.353 e. The number of rotatable bonds is 6. The van der Waals surface area contributed by atoms with E-state index in [2.05, 4.69) is 16.7 Å². The Morgan fingerprint density at radius 1 is 1.12 bits per heavy atom. The molecule has 1 atom stereocenters. The van der Waals surface area contributed by atoms with Crippen molar-refractivity contribution in [3.63, 3.8) is 0 Å². The van der Waals surface area contributed by atoms with E-state index in [1.54, 1.807) is 12.1 Å². The molecule has 170 valence electrons. The van der Waals surface area contributed by atoms with E-state index in [0.29, 0.717) is 26.9 Å². The zero-order valence-electron chi connectivity index (χ0n) is 19.3. The molecule has 33 heavy (non-hydrogen) atoms. The molecule has 0 radical (unpaired) electrons. The van der Waals surface area contributed by atoms with Crippen molar-refractivity contribution in [1.82, 2.24) is 5.32 Å². The van der Waals surface area contributed by atoms with Crippen LogP contribution in [0.15, 0.2) is 58.3 Å². The number of nitrogens with one attached hydrogen (secondary N) is 2. The van der Waals surface area contributed by atoms with Gasteiger partial charge in [-0.25, -0.2) is 0 Å². The van der Waals surface area contributed by atoms with Crippen molar-refractivity contribution in [2.24, 2.45) is 0 Å². The van der Waals surface area contributed by atoms with Crippen LogP contribution < -0.4 is 10.6 Å². The number of aryl methyl sites for hydroxylation is 3. The molecule has 1 heterocycles. The summed E-state index contributed by atoms with van der Waals surface area (Å²) in [7, 11) is 0. The first kappa shape index (κ1) is 24.6. The molecule has 0 bridgehead atoms. The summed E-state index contributed by atoms with van der Waals surface area (Å²) in [5.41, 5.74) is 6.39. The number of nitriles is 1. The van der Waals surface area contributed by atoms with E-state index < -0.39 is 5.92 Å². The monoisotopic (exact) mass is 479 g/mol. The van der Waals surface area contributed by atoms with Gasteiger partial charge in [0.1, 0.15) is 0 Å². The molecule has 0 fully saturated rings. The zero-order valence-corrected chi connectivity index (χ0v) is 20.9. The maximum atomic E-state index is 12.7. The number of benzene rings is 2. The second-order valence-corrected chi connectivity index (χ2v) is 9.59. The number of allylic oxidation sites excluding steroid dienone is 3. The average molecular weight is 480 g/mol. The lowest BCUT2D eigenvalue weighted by Gasteiger charge is -2.29. The van der Waals surface area contributed by atoms with Crippen LogP contribution in [0.5, 0.6) is 0 Å². The maximum absolute atomic E-state index is 12.7. The molecule has 5 nitrogen and oxygen atoms in total. The normalized spacial score (nSPS) is 15.7.